The van der Waals surface area contributed by atoms with E-state index in [4.69, 9.17) is 23.2 Å². The molecule has 0 bridgehead atoms. The Hall–Kier alpha value is -2.37. The molecular formula is C16H13Cl2N3O2. The van der Waals surface area contributed by atoms with E-state index in [0.29, 0.717) is 15.6 Å². The number of halogens is 2. The van der Waals surface area contributed by atoms with E-state index in [9.17, 15) is 9.59 Å². The van der Waals surface area contributed by atoms with Crippen LogP contribution in [-0.2, 0) is 4.79 Å². The van der Waals surface area contributed by atoms with E-state index in [1.54, 1.807) is 48.5 Å². The minimum atomic E-state index is -0.449. The number of hydrazone groups is 1. The van der Waals surface area contributed by atoms with E-state index >= 15 is 0 Å². The second kappa shape index (κ2) is 8.31. The van der Waals surface area contributed by atoms with Crippen molar-refractivity contribution >= 4 is 41.2 Å². The highest BCUT2D eigenvalue weighted by atomic mass is 35.5. The molecule has 0 aliphatic carbocycles. The van der Waals surface area contributed by atoms with Crippen molar-refractivity contribution in [2.24, 2.45) is 5.10 Å². The first-order chi connectivity index (χ1) is 11.1. The average molecular weight is 350 g/mol. The molecule has 0 aromatic heterocycles. The SMILES string of the molecule is O=C(CNC(=O)c1ccccc1Cl)NN=Cc1ccc(Cl)cc1. The summed E-state index contributed by atoms with van der Waals surface area (Å²) >= 11 is 11.7. The van der Waals surface area contributed by atoms with Crippen molar-refractivity contribution in [1.82, 2.24) is 10.7 Å². The van der Waals surface area contributed by atoms with E-state index in [1.165, 1.54) is 6.21 Å². The zero-order chi connectivity index (χ0) is 16.7. The van der Waals surface area contributed by atoms with Gasteiger partial charge in [-0.2, -0.15) is 5.10 Å². The van der Waals surface area contributed by atoms with Crippen LogP contribution in [0.5, 0.6) is 0 Å². The van der Waals surface area contributed by atoms with Crippen LogP contribution in [0.3, 0.4) is 0 Å². The van der Waals surface area contributed by atoms with Crippen LogP contribution < -0.4 is 10.7 Å². The largest absolute Gasteiger partial charge is 0.343 e. The maximum absolute atomic E-state index is 11.9. The fourth-order valence-corrected chi connectivity index (χ4v) is 2.02. The first-order valence-corrected chi connectivity index (χ1v) is 7.42. The van der Waals surface area contributed by atoms with Crippen LogP contribution in [0.15, 0.2) is 53.6 Å². The number of benzene rings is 2. The topological polar surface area (TPSA) is 70.6 Å². The molecule has 2 amide bonds. The second-order valence-corrected chi connectivity index (χ2v) is 5.35. The average Bonchev–Trinajstić information content (AvgIpc) is 2.55. The normalized spacial score (nSPS) is 10.5. The summed E-state index contributed by atoms with van der Waals surface area (Å²) in [6, 6.07) is 13.5. The number of nitrogens with one attached hydrogen (secondary N) is 2. The zero-order valence-corrected chi connectivity index (χ0v) is 13.4. The second-order valence-electron chi connectivity index (χ2n) is 4.51. The maximum atomic E-state index is 11.9. The lowest BCUT2D eigenvalue weighted by Gasteiger charge is -2.05. The third-order valence-electron chi connectivity index (χ3n) is 2.80. The minimum absolute atomic E-state index is 0.206. The van der Waals surface area contributed by atoms with Gasteiger partial charge in [-0.1, -0.05) is 47.5 Å². The molecule has 0 fully saturated rings. The summed E-state index contributed by atoms with van der Waals surface area (Å²) in [5.41, 5.74) is 3.42. The van der Waals surface area contributed by atoms with Gasteiger partial charge in [0.15, 0.2) is 0 Å². The smallest absolute Gasteiger partial charge is 0.259 e. The van der Waals surface area contributed by atoms with Crippen LogP contribution in [0, 0.1) is 0 Å². The molecule has 0 spiro atoms. The lowest BCUT2D eigenvalue weighted by Crippen LogP contribution is -2.35. The van der Waals surface area contributed by atoms with Gasteiger partial charge in [-0.25, -0.2) is 5.43 Å². The summed E-state index contributed by atoms with van der Waals surface area (Å²) in [7, 11) is 0. The first-order valence-electron chi connectivity index (χ1n) is 6.66. The molecule has 0 aliphatic rings. The van der Waals surface area contributed by atoms with Crippen molar-refractivity contribution in [2.45, 2.75) is 0 Å². The van der Waals surface area contributed by atoms with Gasteiger partial charge in [-0.05, 0) is 29.8 Å². The van der Waals surface area contributed by atoms with E-state index < -0.39 is 11.8 Å². The van der Waals surface area contributed by atoms with Crippen molar-refractivity contribution in [3.63, 3.8) is 0 Å². The van der Waals surface area contributed by atoms with E-state index in [1.807, 2.05) is 0 Å². The maximum Gasteiger partial charge on any atom is 0.259 e. The lowest BCUT2D eigenvalue weighted by molar-refractivity contribution is -0.120. The summed E-state index contributed by atoms with van der Waals surface area (Å²) in [5.74, 6) is -0.872. The van der Waals surface area contributed by atoms with Gasteiger partial charge in [0.05, 0.1) is 23.3 Å². The standard InChI is InChI=1S/C16H13Cl2N3O2/c17-12-7-5-11(6-8-12)9-20-21-15(22)10-19-16(23)13-3-1-2-4-14(13)18/h1-9H,10H2,(H,19,23)(H,21,22). The van der Waals surface area contributed by atoms with Gasteiger partial charge < -0.3 is 5.32 Å². The summed E-state index contributed by atoms with van der Waals surface area (Å²) in [5, 5.41) is 7.21. The van der Waals surface area contributed by atoms with Crippen LogP contribution in [-0.4, -0.2) is 24.6 Å². The first kappa shape index (κ1) is 17.0. The number of rotatable bonds is 5. The van der Waals surface area contributed by atoms with Gasteiger partial charge in [0.1, 0.15) is 0 Å². The van der Waals surface area contributed by atoms with Crippen LogP contribution >= 0.6 is 23.2 Å². The molecule has 0 radical (unpaired) electrons. The number of amides is 2. The van der Waals surface area contributed by atoms with Crippen molar-refractivity contribution < 1.29 is 9.59 Å². The Morgan fingerprint density at radius 2 is 1.74 bits per heavy atom. The molecule has 118 valence electrons. The van der Waals surface area contributed by atoms with E-state index in [2.05, 4.69) is 15.8 Å². The van der Waals surface area contributed by atoms with Crippen molar-refractivity contribution in [3.05, 3.63) is 69.7 Å². The summed E-state index contributed by atoms with van der Waals surface area (Å²) in [4.78, 5) is 23.5. The Morgan fingerprint density at radius 1 is 1.04 bits per heavy atom. The third-order valence-corrected chi connectivity index (χ3v) is 3.38. The van der Waals surface area contributed by atoms with Crippen molar-refractivity contribution in [3.8, 4) is 0 Å². The quantitative estimate of drug-likeness (QED) is 0.643. The van der Waals surface area contributed by atoms with Crippen molar-refractivity contribution in [1.29, 1.82) is 0 Å². The number of nitrogens with zero attached hydrogens (tertiary/aromatic N) is 1. The van der Waals surface area contributed by atoms with E-state index in [0.717, 1.165) is 5.56 Å². The number of carbonyl (C=O) groups is 2. The Labute approximate surface area is 143 Å². The Morgan fingerprint density at radius 3 is 2.43 bits per heavy atom. The fraction of sp³-hybridized carbons (Fsp3) is 0.0625. The molecular weight excluding hydrogens is 337 g/mol. The number of hydrogen-bond acceptors (Lipinski definition) is 3. The van der Waals surface area contributed by atoms with Gasteiger partial charge in [0.25, 0.3) is 11.8 Å². The van der Waals surface area contributed by atoms with Gasteiger partial charge in [0, 0.05) is 5.02 Å². The molecule has 0 unspecified atom stereocenters. The number of carbonyl (C=O) groups excluding carboxylic acids is 2. The van der Waals surface area contributed by atoms with Crippen LogP contribution in [0.4, 0.5) is 0 Å². The highest BCUT2D eigenvalue weighted by molar-refractivity contribution is 6.33. The molecule has 7 heteroatoms. The molecule has 0 atom stereocenters. The lowest BCUT2D eigenvalue weighted by atomic mass is 10.2. The Kier molecular flexibility index (Phi) is 6.14. The van der Waals surface area contributed by atoms with Gasteiger partial charge in [0.2, 0.25) is 0 Å². The Bertz CT molecular complexity index is 730. The predicted octanol–water partition coefficient (Wildman–Crippen LogP) is 2.87. The monoisotopic (exact) mass is 349 g/mol. The fourth-order valence-electron chi connectivity index (χ4n) is 1.67. The van der Waals surface area contributed by atoms with Gasteiger partial charge in [-0.3, -0.25) is 9.59 Å². The molecule has 0 aliphatic heterocycles. The molecule has 23 heavy (non-hydrogen) atoms. The van der Waals surface area contributed by atoms with E-state index in [-0.39, 0.29) is 6.54 Å². The van der Waals surface area contributed by atoms with Crippen LogP contribution in [0.1, 0.15) is 15.9 Å². The predicted molar refractivity (Wildman–Crippen MR) is 91.0 cm³/mol. The Balaban J connectivity index is 1.80. The summed E-state index contributed by atoms with van der Waals surface area (Å²) in [6.45, 7) is -0.206. The third kappa shape index (κ3) is 5.39. The molecule has 5 nitrogen and oxygen atoms in total. The zero-order valence-electron chi connectivity index (χ0n) is 11.9. The van der Waals surface area contributed by atoms with Crippen LogP contribution in [0.25, 0.3) is 0 Å². The highest BCUT2D eigenvalue weighted by Gasteiger charge is 2.10. The molecule has 2 aromatic carbocycles. The highest BCUT2D eigenvalue weighted by Crippen LogP contribution is 2.14. The summed E-state index contributed by atoms with van der Waals surface area (Å²) in [6.07, 6.45) is 1.48. The molecule has 2 N–H and O–H groups in total. The molecule has 0 saturated heterocycles. The van der Waals surface area contributed by atoms with Crippen LogP contribution in [0.2, 0.25) is 10.0 Å². The molecule has 2 rings (SSSR count). The van der Waals surface area contributed by atoms with Gasteiger partial charge >= 0.3 is 0 Å². The van der Waals surface area contributed by atoms with Gasteiger partial charge in [-0.15, -0.1) is 0 Å². The molecule has 0 heterocycles. The summed E-state index contributed by atoms with van der Waals surface area (Å²) < 4.78 is 0. The number of hydrogen-bond donors (Lipinski definition) is 2. The van der Waals surface area contributed by atoms with Crippen molar-refractivity contribution in [2.75, 3.05) is 6.54 Å². The molecule has 2 aromatic rings. The molecule has 0 saturated carbocycles. The minimum Gasteiger partial charge on any atom is -0.343 e.